The zero-order valence-corrected chi connectivity index (χ0v) is 9.37. The summed E-state index contributed by atoms with van der Waals surface area (Å²) < 4.78 is 31.0. The molecule has 1 aromatic rings. The van der Waals surface area contributed by atoms with Crippen molar-refractivity contribution >= 4 is 15.9 Å². The van der Waals surface area contributed by atoms with Crippen molar-refractivity contribution in [3.63, 3.8) is 0 Å². The topological polar surface area (TPSA) is 98.2 Å². The Morgan fingerprint density at radius 2 is 2.20 bits per heavy atom. The second-order valence-electron chi connectivity index (χ2n) is 3.45. The van der Waals surface area contributed by atoms with Crippen molar-refractivity contribution in [1.29, 1.82) is 0 Å². The van der Waals surface area contributed by atoms with Crippen LogP contribution in [0.15, 0.2) is 6.20 Å². The molecule has 1 heterocycles. The Balaban J connectivity index is 2.32. The molecule has 0 bridgehead atoms. The fourth-order valence-electron chi connectivity index (χ4n) is 1.21. The number of hydrogen-bond donors (Lipinski definition) is 2. The largest absolute Gasteiger partial charge is 0.382 e. The predicted octanol–water partition coefficient (Wildman–Crippen LogP) is 0.442. The Kier molecular flexibility index (Phi) is 3.70. The number of rotatable bonds is 5. The minimum absolute atomic E-state index is 0.206. The van der Waals surface area contributed by atoms with Crippen LogP contribution in [0.25, 0.3) is 0 Å². The van der Waals surface area contributed by atoms with Gasteiger partial charge in [0.25, 0.3) is 10.1 Å². The Morgan fingerprint density at radius 3 is 2.67 bits per heavy atom. The third-order valence-electron chi connectivity index (χ3n) is 2.02. The molecule has 0 aromatic carbocycles. The molecular formula is C8H15N3O3S. The van der Waals surface area contributed by atoms with E-state index in [0.29, 0.717) is 25.2 Å². The van der Waals surface area contributed by atoms with Crippen molar-refractivity contribution in [3.05, 3.63) is 11.8 Å². The molecule has 0 spiro atoms. The van der Waals surface area contributed by atoms with Crippen LogP contribution in [0.4, 0.5) is 5.82 Å². The molecule has 0 unspecified atom stereocenters. The van der Waals surface area contributed by atoms with Crippen molar-refractivity contribution < 1.29 is 13.0 Å². The highest BCUT2D eigenvalue weighted by Crippen LogP contribution is 2.07. The number of nitrogens with zero attached hydrogens (tertiary/aromatic N) is 2. The van der Waals surface area contributed by atoms with E-state index in [4.69, 9.17) is 10.3 Å². The van der Waals surface area contributed by atoms with E-state index < -0.39 is 10.1 Å². The first-order chi connectivity index (χ1) is 6.88. The predicted molar refractivity (Wildman–Crippen MR) is 57.0 cm³/mol. The molecule has 3 N–H and O–H groups in total. The van der Waals surface area contributed by atoms with Crippen LogP contribution in [-0.4, -0.2) is 28.5 Å². The van der Waals surface area contributed by atoms with Crippen molar-refractivity contribution in [1.82, 2.24) is 9.78 Å². The van der Waals surface area contributed by atoms with Gasteiger partial charge in [0.1, 0.15) is 5.82 Å². The van der Waals surface area contributed by atoms with Crippen LogP contribution in [0.1, 0.15) is 18.4 Å². The van der Waals surface area contributed by atoms with Gasteiger partial charge in [0.15, 0.2) is 0 Å². The molecule has 0 amide bonds. The number of nitrogens with two attached hydrogens (primary N) is 1. The van der Waals surface area contributed by atoms with E-state index in [-0.39, 0.29) is 5.75 Å². The van der Waals surface area contributed by atoms with Gasteiger partial charge in [-0.25, -0.2) is 0 Å². The normalized spacial score (nSPS) is 11.9. The highest BCUT2D eigenvalue weighted by atomic mass is 32.2. The number of nitrogen functional groups attached to an aromatic ring is 1. The lowest BCUT2D eigenvalue weighted by Gasteiger charge is -1.99. The Hall–Kier alpha value is -1.08. The van der Waals surface area contributed by atoms with Gasteiger partial charge in [0.2, 0.25) is 0 Å². The number of aromatic nitrogens is 2. The van der Waals surface area contributed by atoms with Crippen LogP contribution in [0.3, 0.4) is 0 Å². The van der Waals surface area contributed by atoms with Gasteiger partial charge < -0.3 is 5.73 Å². The van der Waals surface area contributed by atoms with Crippen LogP contribution in [-0.2, 0) is 16.7 Å². The second kappa shape index (κ2) is 4.63. The minimum atomic E-state index is -3.84. The second-order valence-corrected chi connectivity index (χ2v) is 5.03. The van der Waals surface area contributed by atoms with Gasteiger partial charge in [-0.3, -0.25) is 9.23 Å². The first-order valence-electron chi connectivity index (χ1n) is 4.63. The number of hydrogen-bond acceptors (Lipinski definition) is 4. The molecule has 0 aliphatic rings. The van der Waals surface area contributed by atoms with Gasteiger partial charge in [0.05, 0.1) is 5.75 Å². The first-order valence-corrected chi connectivity index (χ1v) is 6.24. The lowest BCUT2D eigenvalue weighted by atomic mass is 10.3. The van der Waals surface area contributed by atoms with Crippen LogP contribution < -0.4 is 5.73 Å². The van der Waals surface area contributed by atoms with Crippen LogP contribution in [0.5, 0.6) is 0 Å². The van der Waals surface area contributed by atoms with Crippen LogP contribution in [0, 0.1) is 6.92 Å². The van der Waals surface area contributed by atoms with Crippen LogP contribution >= 0.6 is 0 Å². The molecule has 0 fully saturated rings. The number of anilines is 1. The fourth-order valence-corrected chi connectivity index (χ4v) is 1.78. The summed E-state index contributed by atoms with van der Waals surface area (Å²) in [6, 6.07) is 0. The molecule has 15 heavy (non-hydrogen) atoms. The number of aryl methyl sites for hydroxylation is 2. The Labute approximate surface area is 88.8 Å². The van der Waals surface area contributed by atoms with E-state index in [0.717, 1.165) is 5.56 Å². The van der Waals surface area contributed by atoms with Gasteiger partial charge in [-0.15, -0.1) is 0 Å². The summed E-state index contributed by atoms with van der Waals surface area (Å²) in [5, 5.41) is 4.03. The van der Waals surface area contributed by atoms with E-state index in [2.05, 4.69) is 5.10 Å². The molecule has 86 valence electrons. The Morgan fingerprint density at radius 1 is 1.53 bits per heavy atom. The van der Waals surface area contributed by atoms with Crippen molar-refractivity contribution in [2.45, 2.75) is 26.3 Å². The third-order valence-corrected chi connectivity index (χ3v) is 2.83. The number of unbranched alkanes of at least 4 members (excludes halogenated alkanes) is 1. The third kappa shape index (κ3) is 4.30. The summed E-state index contributed by atoms with van der Waals surface area (Å²) in [6.07, 6.45) is 2.86. The summed E-state index contributed by atoms with van der Waals surface area (Å²) in [6.45, 7) is 2.46. The SMILES string of the molecule is Cc1cn(CCCCS(=O)(=O)O)nc1N. The maximum atomic E-state index is 10.4. The Bertz CT molecular complexity index is 405. The minimum Gasteiger partial charge on any atom is -0.382 e. The lowest BCUT2D eigenvalue weighted by Crippen LogP contribution is -2.06. The molecule has 0 aliphatic heterocycles. The smallest absolute Gasteiger partial charge is 0.264 e. The fraction of sp³-hybridized carbons (Fsp3) is 0.625. The van der Waals surface area contributed by atoms with E-state index in [9.17, 15) is 8.42 Å². The molecule has 0 aliphatic carbocycles. The van der Waals surface area contributed by atoms with E-state index in [1.807, 2.05) is 13.1 Å². The summed E-state index contributed by atoms with van der Waals surface area (Å²) in [7, 11) is -3.84. The summed E-state index contributed by atoms with van der Waals surface area (Å²) in [5.41, 5.74) is 6.45. The van der Waals surface area contributed by atoms with E-state index in [1.54, 1.807) is 4.68 Å². The van der Waals surface area contributed by atoms with Crippen molar-refractivity contribution in [3.8, 4) is 0 Å². The van der Waals surface area contributed by atoms with Gasteiger partial charge in [0, 0.05) is 18.3 Å². The first kappa shape index (κ1) is 12.0. The van der Waals surface area contributed by atoms with Gasteiger partial charge in [-0.1, -0.05) is 0 Å². The summed E-state index contributed by atoms with van der Waals surface area (Å²) in [5.74, 6) is 0.285. The standard InChI is InChI=1S/C8H15N3O3S/c1-7-6-11(10-8(7)9)4-2-3-5-15(12,13)14/h6H,2-5H2,1H3,(H2,9,10)(H,12,13,14). The monoisotopic (exact) mass is 233 g/mol. The van der Waals surface area contributed by atoms with Gasteiger partial charge >= 0.3 is 0 Å². The quantitative estimate of drug-likeness (QED) is 0.568. The van der Waals surface area contributed by atoms with Crippen LogP contribution in [0.2, 0.25) is 0 Å². The molecule has 1 rings (SSSR count). The average Bonchev–Trinajstić information content (AvgIpc) is 2.39. The maximum absolute atomic E-state index is 10.4. The molecule has 7 heteroatoms. The summed E-state index contributed by atoms with van der Waals surface area (Å²) >= 11 is 0. The zero-order valence-electron chi connectivity index (χ0n) is 8.55. The zero-order chi connectivity index (χ0) is 11.5. The summed E-state index contributed by atoms with van der Waals surface area (Å²) in [4.78, 5) is 0. The van der Waals surface area contributed by atoms with E-state index >= 15 is 0 Å². The molecule has 1 aromatic heterocycles. The van der Waals surface area contributed by atoms with Crippen molar-refractivity contribution in [2.24, 2.45) is 0 Å². The highest BCUT2D eigenvalue weighted by Gasteiger charge is 2.04. The molecule has 6 nitrogen and oxygen atoms in total. The lowest BCUT2D eigenvalue weighted by molar-refractivity contribution is 0.476. The molecule has 0 saturated heterocycles. The van der Waals surface area contributed by atoms with Gasteiger partial charge in [-0.05, 0) is 19.8 Å². The molecule has 0 atom stereocenters. The molecule has 0 radical (unpaired) electrons. The maximum Gasteiger partial charge on any atom is 0.264 e. The molecular weight excluding hydrogens is 218 g/mol. The van der Waals surface area contributed by atoms with E-state index in [1.165, 1.54) is 0 Å². The van der Waals surface area contributed by atoms with Crippen molar-refractivity contribution in [2.75, 3.05) is 11.5 Å². The average molecular weight is 233 g/mol. The molecule has 0 saturated carbocycles. The van der Waals surface area contributed by atoms with Gasteiger partial charge in [-0.2, -0.15) is 13.5 Å². The highest BCUT2D eigenvalue weighted by molar-refractivity contribution is 7.85.